The fourth-order valence-corrected chi connectivity index (χ4v) is 3.71. The van der Waals surface area contributed by atoms with Crippen molar-refractivity contribution >= 4 is 17.4 Å². The first-order valence-corrected chi connectivity index (χ1v) is 10.4. The van der Waals surface area contributed by atoms with Gasteiger partial charge in [0.15, 0.2) is 0 Å². The average molecular weight is 429 g/mol. The quantitative estimate of drug-likeness (QED) is 0.348. The zero-order chi connectivity index (χ0) is 22.5. The SMILES string of the molecule is CCCOc1ccc(/C(O)=C2\C(=O)C(=O)N(Cc3cccnc3)[C@@H]2c2ccncc2)cc1. The van der Waals surface area contributed by atoms with Crippen LogP contribution in [0.2, 0.25) is 0 Å². The van der Waals surface area contributed by atoms with Crippen LogP contribution in [0.5, 0.6) is 5.75 Å². The Morgan fingerprint density at radius 1 is 1.03 bits per heavy atom. The lowest BCUT2D eigenvalue weighted by Crippen LogP contribution is -2.29. The fourth-order valence-electron chi connectivity index (χ4n) is 3.71. The van der Waals surface area contributed by atoms with Gasteiger partial charge < -0.3 is 14.7 Å². The highest BCUT2D eigenvalue weighted by atomic mass is 16.5. The van der Waals surface area contributed by atoms with Crippen LogP contribution < -0.4 is 4.74 Å². The third-order valence-electron chi connectivity index (χ3n) is 5.24. The van der Waals surface area contributed by atoms with Gasteiger partial charge >= 0.3 is 0 Å². The number of aliphatic hydroxyl groups excluding tert-OH is 1. The van der Waals surface area contributed by atoms with E-state index in [2.05, 4.69) is 9.97 Å². The molecule has 0 spiro atoms. The van der Waals surface area contributed by atoms with Crippen LogP contribution in [0.3, 0.4) is 0 Å². The second-order valence-corrected chi connectivity index (χ2v) is 7.44. The van der Waals surface area contributed by atoms with Gasteiger partial charge in [-0.2, -0.15) is 0 Å². The Labute approximate surface area is 186 Å². The van der Waals surface area contributed by atoms with Crippen molar-refractivity contribution in [3.05, 3.63) is 95.6 Å². The maximum Gasteiger partial charge on any atom is 0.295 e. The minimum absolute atomic E-state index is 0.0484. The molecule has 32 heavy (non-hydrogen) atoms. The van der Waals surface area contributed by atoms with E-state index in [-0.39, 0.29) is 17.9 Å². The molecule has 7 nitrogen and oxygen atoms in total. The minimum atomic E-state index is -0.741. The molecule has 4 rings (SSSR count). The molecule has 1 aromatic carbocycles. The molecular weight excluding hydrogens is 406 g/mol. The van der Waals surface area contributed by atoms with E-state index < -0.39 is 17.7 Å². The average Bonchev–Trinajstić information content (AvgIpc) is 3.09. The lowest BCUT2D eigenvalue weighted by molar-refractivity contribution is -0.140. The van der Waals surface area contributed by atoms with E-state index in [1.54, 1.807) is 67.3 Å². The van der Waals surface area contributed by atoms with Crippen molar-refractivity contribution in [1.82, 2.24) is 14.9 Å². The Balaban J connectivity index is 1.76. The number of amides is 1. The highest BCUT2D eigenvalue weighted by molar-refractivity contribution is 6.46. The molecule has 1 atom stereocenters. The second kappa shape index (κ2) is 9.43. The maximum absolute atomic E-state index is 13.0. The number of likely N-dealkylation sites (tertiary alicyclic amines) is 1. The van der Waals surface area contributed by atoms with Crippen LogP contribution in [0.25, 0.3) is 5.76 Å². The molecule has 1 aliphatic heterocycles. The van der Waals surface area contributed by atoms with Crippen molar-refractivity contribution in [2.24, 2.45) is 0 Å². The van der Waals surface area contributed by atoms with E-state index in [1.807, 2.05) is 13.0 Å². The molecule has 162 valence electrons. The Morgan fingerprint density at radius 3 is 2.44 bits per heavy atom. The third-order valence-corrected chi connectivity index (χ3v) is 5.24. The van der Waals surface area contributed by atoms with Crippen molar-refractivity contribution in [3.8, 4) is 5.75 Å². The van der Waals surface area contributed by atoms with Gasteiger partial charge in [0.25, 0.3) is 11.7 Å². The molecule has 0 aliphatic carbocycles. The van der Waals surface area contributed by atoms with E-state index in [0.29, 0.717) is 23.5 Å². The fraction of sp³-hybridized carbons (Fsp3) is 0.200. The summed E-state index contributed by atoms with van der Waals surface area (Å²) in [6.07, 6.45) is 7.37. The lowest BCUT2D eigenvalue weighted by Gasteiger charge is -2.25. The molecule has 7 heteroatoms. The molecule has 1 N–H and O–H groups in total. The Hall–Kier alpha value is -4.00. The van der Waals surface area contributed by atoms with Gasteiger partial charge in [-0.05, 0) is 60.0 Å². The third kappa shape index (κ3) is 4.23. The van der Waals surface area contributed by atoms with Crippen molar-refractivity contribution in [2.45, 2.75) is 25.9 Å². The topological polar surface area (TPSA) is 92.6 Å². The summed E-state index contributed by atoms with van der Waals surface area (Å²) in [5.74, 6) is -0.938. The predicted molar refractivity (Wildman–Crippen MR) is 119 cm³/mol. The van der Waals surface area contributed by atoms with Gasteiger partial charge in [0.1, 0.15) is 11.5 Å². The van der Waals surface area contributed by atoms with E-state index in [9.17, 15) is 14.7 Å². The maximum atomic E-state index is 13.0. The summed E-state index contributed by atoms with van der Waals surface area (Å²) < 4.78 is 5.59. The molecular formula is C25H23N3O4. The van der Waals surface area contributed by atoms with Gasteiger partial charge in [-0.3, -0.25) is 19.6 Å². The van der Waals surface area contributed by atoms with Crippen LogP contribution in [0.1, 0.15) is 36.1 Å². The molecule has 0 bridgehead atoms. The molecule has 3 aromatic rings. The first-order valence-electron chi connectivity index (χ1n) is 10.4. The van der Waals surface area contributed by atoms with Crippen molar-refractivity contribution in [1.29, 1.82) is 0 Å². The van der Waals surface area contributed by atoms with Crippen molar-refractivity contribution in [3.63, 3.8) is 0 Å². The van der Waals surface area contributed by atoms with E-state index in [0.717, 1.165) is 12.0 Å². The van der Waals surface area contributed by atoms with Gasteiger partial charge in [0, 0.05) is 36.9 Å². The van der Waals surface area contributed by atoms with Gasteiger partial charge in [0.2, 0.25) is 0 Å². The van der Waals surface area contributed by atoms with E-state index in [4.69, 9.17) is 4.74 Å². The van der Waals surface area contributed by atoms with Gasteiger partial charge in [-0.1, -0.05) is 13.0 Å². The largest absolute Gasteiger partial charge is 0.507 e. The van der Waals surface area contributed by atoms with Crippen LogP contribution in [0, 0.1) is 0 Å². The van der Waals surface area contributed by atoms with Crippen LogP contribution in [-0.2, 0) is 16.1 Å². The normalized spacial score (nSPS) is 17.5. The summed E-state index contributed by atoms with van der Waals surface area (Å²) in [5.41, 5.74) is 1.96. The molecule has 0 saturated carbocycles. The molecule has 1 amide bonds. The van der Waals surface area contributed by atoms with Gasteiger partial charge in [-0.15, -0.1) is 0 Å². The number of rotatable bonds is 7. The molecule has 0 radical (unpaired) electrons. The number of hydrogen-bond donors (Lipinski definition) is 1. The number of nitrogens with zero attached hydrogens (tertiary/aromatic N) is 3. The molecule has 1 fully saturated rings. The monoisotopic (exact) mass is 429 g/mol. The number of Topliss-reactive ketones (excluding diaryl/α,β-unsaturated/α-hetero) is 1. The second-order valence-electron chi connectivity index (χ2n) is 7.44. The number of ketones is 1. The summed E-state index contributed by atoms with van der Waals surface area (Å²) in [4.78, 5) is 35.6. The molecule has 1 aliphatic rings. The Bertz CT molecular complexity index is 1130. The van der Waals surface area contributed by atoms with E-state index in [1.165, 1.54) is 4.90 Å². The number of aromatic nitrogens is 2. The van der Waals surface area contributed by atoms with Gasteiger partial charge in [0.05, 0.1) is 18.2 Å². The standard InChI is InChI=1S/C25H23N3O4/c1-2-14-32-20-7-5-19(6-8-20)23(29)21-22(18-9-12-26-13-10-18)28(25(31)24(21)30)16-17-4-3-11-27-15-17/h3-13,15,22,29H,2,14,16H2,1H3/b23-21+/t22-/m1/s1. The molecule has 0 unspecified atom stereocenters. The zero-order valence-electron chi connectivity index (χ0n) is 17.6. The molecule has 1 saturated heterocycles. The van der Waals surface area contributed by atoms with Crippen LogP contribution >= 0.6 is 0 Å². The number of carbonyl (C=O) groups excluding carboxylic acids is 2. The summed E-state index contributed by atoms with van der Waals surface area (Å²) in [5, 5.41) is 11.1. The zero-order valence-corrected chi connectivity index (χ0v) is 17.6. The highest BCUT2D eigenvalue weighted by Crippen LogP contribution is 2.40. The molecule has 2 aromatic heterocycles. The summed E-state index contributed by atoms with van der Waals surface area (Å²) in [6.45, 7) is 2.79. The van der Waals surface area contributed by atoms with Gasteiger partial charge in [-0.25, -0.2) is 0 Å². The number of ether oxygens (including phenoxy) is 1. The highest BCUT2D eigenvalue weighted by Gasteiger charge is 2.46. The summed E-state index contributed by atoms with van der Waals surface area (Å²) in [7, 11) is 0. The first-order chi connectivity index (χ1) is 15.6. The van der Waals surface area contributed by atoms with Crippen molar-refractivity contribution in [2.75, 3.05) is 6.61 Å². The first kappa shape index (κ1) is 21.2. The number of carbonyl (C=O) groups is 2. The predicted octanol–water partition coefficient (Wildman–Crippen LogP) is 3.89. The number of aliphatic hydroxyl groups is 1. The smallest absolute Gasteiger partial charge is 0.295 e. The summed E-state index contributed by atoms with van der Waals surface area (Å²) in [6, 6.07) is 13.2. The van der Waals surface area contributed by atoms with E-state index >= 15 is 0 Å². The Kier molecular flexibility index (Phi) is 6.26. The van der Waals surface area contributed by atoms with Crippen LogP contribution in [-0.4, -0.2) is 38.3 Å². The van der Waals surface area contributed by atoms with Crippen LogP contribution in [0.15, 0.2) is 78.9 Å². The lowest BCUT2D eigenvalue weighted by atomic mass is 9.96. The molecule has 3 heterocycles. The minimum Gasteiger partial charge on any atom is -0.507 e. The van der Waals surface area contributed by atoms with Crippen molar-refractivity contribution < 1.29 is 19.4 Å². The number of pyridine rings is 2. The number of benzene rings is 1. The Morgan fingerprint density at radius 2 is 1.78 bits per heavy atom. The number of hydrogen-bond acceptors (Lipinski definition) is 6. The summed E-state index contributed by atoms with van der Waals surface area (Å²) >= 11 is 0. The van der Waals surface area contributed by atoms with Crippen LogP contribution in [0.4, 0.5) is 0 Å².